The molecule has 8 nitrogen and oxygen atoms in total. The molecule has 2 heterocycles. The molecule has 0 saturated heterocycles. The summed E-state index contributed by atoms with van der Waals surface area (Å²) in [6, 6.07) is 8.57. The van der Waals surface area contributed by atoms with Gasteiger partial charge < -0.3 is 19.8 Å². The van der Waals surface area contributed by atoms with Crippen LogP contribution in [0, 0.1) is 0 Å². The zero-order chi connectivity index (χ0) is 22.4. The Labute approximate surface area is 179 Å². The van der Waals surface area contributed by atoms with Gasteiger partial charge in [0.2, 0.25) is 5.91 Å². The van der Waals surface area contributed by atoms with Gasteiger partial charge in [0.15, 0.2) is 5.65 Å². The summed E-state index contributed by atoms with van der Waals surface area (Å²) in [5, 5.41) is 24.0. The number of rotatable bonds is 10. The van der Waals surface area contributed by atoms with Gasteiger partial charge in [-0.2, -0.15) is 5.10 Å². The fourth-order valence-electron chi connectivity index (χ4n) is 3.47. The number of aromatic nitrogens is 3. The van der Waals surface area contributed by atoms with Crippen molar-refractivity contribution >= 4 is 11.6 Å². The molecule has 3 rings (SSSR count). The van der Waals surface area contributed by atoms with Crippen molar-refractivity contribution in [1.29, 1.82) is 0 Å². The van der Waals surface area contributed by atoms with Gasteiger partial charge in [0.1, 0.15) is 19.0 Å². The van der Waals surface area contributed by atoms with Crippen LogP contribution in [0.25, 0.3) is 16.9 Å². The van der Waals surface area contributed by atoms with Gasteiger partial charge in [-0.25, -0.2) is 13.9 Å². The second-order valence-electron chi connectivity index (χ2n) is 6.92. The number of fused-ring (bicyclic) bond motifs is 1. The zero-order valence-corrected chi connectivity index (χ0v) is 17.7. The average molecular weight is 430 g/mol. The van der Waals surface area contributed by atoms with Crippen molar-refractivity contribution in [2.24, 2.45) is 0 Å². The van der Waals surface area contributed by atoms with Crippen LogP contribution in [-0.2, 0) is 24.4 Å². The summed E-state index contributed by atoms with van der Waals surface area (Å²) in [6.45, 7) is 3.81. The topological polar surface area (TPSA) is 100 Å². The molecule has 0 unspecified atom stereocenters. The van der Waals surface area contributed by atoms with E-state index in [1.807, 2.05) is 13.8 Å². The van der Waals surface area contributed by atoms with Crippen LogP contribution in [0.3, 0.4) is 0 Å². The van der Waals surface area contributed by atoms with Gasteiger partial charge in [0.25, 0.3) is 0 Å². The van der Waals surface area contributed by atoms with Gasteiger partial charge in [0.05, 0.1) is 36.7 Å². The van der Waals surface area contributed by atoms with Crippen LogP contribution in [0.2, 0.25) is 0 Å². The number of hydrogen-bond acceptors (Lipinski definition) is 6. The quantitative estimate of drug-likeness (QED) is 0.511. The molecule has 2 N–H and O–H groups in total. The van der Waals surface area contributed by atoms with Crippen LogP contribution in [0.5, 0.6) is 5.75 Å². The number of nitrogens with zero attached hydrogens (tertiary/aromatic N) is 4. The molecule has 1 aromatic carbocycles. The number of amides is 1. The minimum atomic E-state index is -0.575. The highest BCUT2D eigenvalue weighted by molar-refractivity contribution is 5.84. The molecule has 0 bridgehead atoms. The Morgan fingerprint density at radius 1 is 1.16 bits per heavy atom. The van der Waals surface area contributed by atoms with Crippen LogP contribution < -0.4 is 4.74 Å². The first-order valence-electron chi connectivity index (χ1n) is 10.2. The third-order valence-corrected chi connectivity index (χ3v) is 5.05. The Balaban J connectivity index is 2.13. The van der Waals surface area contributed by atoms with Gasteiger partial charge in [-0.05, 0) is 44.2 Å². The second-order valence-corrected chi connectivity index (χ2v) is 6.92. The molecular formula is C22H27FN4O4. The molecule has 0 aliphatic carbocycles. The number of halogens is 1. The fourth-order valence-corrected chi connectivity index (χ4v) is 3.47. The van der Waals surface area contributed by atoms with Crippen molar-refractivity contribution in [1.82, 2.24) is 19.5 Å². The molecule has 0 radical (unpaired) electrons. The predicted molar refractivity (Wildman–Crippen MR) is 113 cm³/mol. The summed E-state index contributed by atoms with van der Waals surface area (Å²) >= 11 is 0. The molecule has 0 aliphatic heterocycles. The van der Waals surface area contributed by atoms with Crippen molar-refractivity contribution < 1.29 is 24.1 Å². The van der Waals surface area contributed by atoms with E-state index in [-0.39, 0.29) is 32.1 Å². The van der Waals surface area contributed by atoms with E-state index in [1.54, 1.807) is 35.2 Å². The Kier molecular flexibility index (Phi) is 7.54. The third-order valence-electron chi connectivity index (χ3n) is 5.05. The molecule has 0 atom stereocenters. The molecule has 3 aromatic rings. The Hall–Kier alpha value is -3.04. The number of likely N-dealkylation sites (N-methyl/N-ethyl adjacent to an activating group) is 1. The summed E-state index contributed by atoms with van der Waals surface area (Å²) in [7, 11) is 0. The molecule has 0 aliphatic rings. The lowest BCUT2D eigenvalue weighted by atomic mass is 10.0. The van der Waals surface area contributed by atoms with Crippen LogP contribution in [-0.4, -0.2) is 62.0 Å². The molecule has 1 amide bonds. The van der Waals surface area contributed by atoms with E-state index < -0.39 is 6.67 Å². The summed E-state index contributed by atoms with van der Waals surface area (Å²) in [5.41, 5.74) is 3.15. The Morgan fingerprint density at radius 3 is 2.45 bits per heavy atom. The molecule has 166 valence electrons. The van der Waals surface area contributed by atoms with E-state index in [9.17, 15) is 19.4 Å². The molecular weight excluding hydrogens is 403 g/mol. The van der Waals surface area contributed by atoms with E-state index in [4.69, 9.17) is 4.74 Å². The highest BCUT2D eigenvalue weighted by Gasteiger charge is 2.22. The van der Waals surface area contributed by atoms with Crippen molar-refractivity contribution in [3.8, 4) is 17.0 Å². The van der Waals surface area contributed by atoms with Crippen molar-refractivity contribution in [3.05, 3.63) is 47.3 Å². The third kappa shape index (κ3) is 4.83. The standard InChI is InChI=1S/C22H27FN4O4/c1-3-26(4-2)20(30)12-19-21(15-5-7-18(8-6-15)31-10-9-23)25-27-17(14-29)11-16(13-28)24-22(19)27/h5-8,11,28-29H,3-4,9-10,12-14H2,1-2H3. The Bertz CT molecular complexity index is 1030. The van der Waals surface area contributed by atoms with Crippen LogP contribution in [0.4, 0.5) is 4.39 Å². The maximum Gasteiger partial charge on any atom is 0.227 e. The van der Waals surface area contributed by atoms with E-state index in [1.165, 1.54) is 4.52 Å². The molecule has 0 saturated carbocycles. The van der Waals surface area contributed by atoms with Crippen molar-refractivity contribution in [3.63, 3.8) is 0 Å². The SMILES string of the molecule is CCN(CC)C(=O)Cc1c(-c2ccc(OCCF)cc2)nn2c(CO)cc(CO)nc12. The van der Waals surface area contributed by atoms with Gasteiger partial charge in [0, 0.05) is 24.2 Å². The lowest BCUT2D eigenvalue weighted by molar-refractivity contribution is -0.130. The molecule has 0 spiro atoms. The summed E-state index contributed by atoms with van der Waals surface area (Å²) in [5.74, 6) is 0.466. The highest BCUT2D eigenvalue weighted by atomic mass is 19.1. The van der Waals surface area contributed by atoms with Crippen molar-refractivity contribution in [2.45, 2.75) is 33.5 Å². The summed E-state index contributed by atoms with van der Waals surface area (Å²) < 4.78 is 19.2. The first-order chi connectivity index (χ1) is 15.1. The maximum absolute atomic E-state index is 12.9. The van der Waals surface area contributed by atoms with E-state index in [0.717, 1.165) is 5.56 Å². The van der Waals surface area contributed by atoms with Gasteiger partial charge in [-0.15, -0.1) is 0 Å². The number of ether oxygens (including phenoxy) is 1. The van der Waals surface area contributed by atoms with Crippen LogP contribution >= 0.6 is 0 Å². The molecule has 2 aromatic heterocycles. The van der Waals surface area contributed by atoms with Gasteiger partial charge >= 0.3 is 0 Å². The minimum Gasteiger partial charge on any atom is -0.491 e. The van der Waals surface area contributed by atoms with E-state index in [0.29, 0.717) is 47.1 Å². The monoisotopic (exact) mass is 430 g/mol. The van der Waals surface area contributed by atoms with Crippen LogP contribution in [0.15, 0.2) is 30.3 Å². The fraction of sp³-hybridized carbons (Fsp3) is 0.409. The first-order valence-corrected chi connectivity index (χ1v) is 10.2. The number of aliphatic hydroxyl groups excluding tert-OH is 2. The molecule has 31 heavy (non-hydrogen) atoms. The number of alkyl halides is 1. The van der Waals surface area contributed by atoms with E-state index >= 15 is 0 Å². The lowest BCUT2D eigenvalue weighted by Crippen LogP contribution is -2.31. The summed E-state index contributed by atoms with van der Waals surface area (Å²) in [4.78, 5) is 19.1. The number of hydrogen-bond donors (Lipinski definition) is 2. The van der Waals surface area contributed by atoms with Crippen molar-refractivity contribution in [2.75, 3.05) is 26.4 Å². The number of benzene rings is 1. The normalized spacial score (nSPS) is 11.1. The Morgan fingerprint density at radius 2 is 1.87 bits per heavy atom. The highest BCUT2D eigenvalue weighted by Crippen LogP contribution is 2.29. The largest absolute Gasteiger partial charge is 0.491 e. The summed E-state index contributed by atoms with van der Waals surface area (Å²) in [6.07, 6.45) is 0.0768. The number of aliphatic hydroxyl groups is 2. The predicted octanol–water partition coefficient (Wildman–Crippen LogP) is 2.14. The number of carbonyl (C=O) groups is 1. The molecule has 9 heteroatoms. The number of carbonyl (C=O) groups excluding carboxylic acids is 1. The van der Waals surface area contributed by atoms with Crippen LogP contribution in [0.1, 0.15) is 30.8 Å². The second kappa shape index (κ2) is 10.3. The van der Waals surface area contributed by atoms with Gasteiger partial charge in [-0.1, -0.05) is 0 Å². The lowest BCUT2D eigenvalue weighted by Gasteiger charge is -2.18. The minimum absolute atomic E-state index is 0.0228. The molecule has 0 fully saturated rings. The average Bonchev–Trinajstić information content (AvgIpc) is 3.16. The zero-order valence-electron chi connectivity index (χ0n) is 17.7. The van der Waals surface area contributed by atoms with E-state index in [2.05, 4.69) is 10.1 Å². The smallest absolute Gasteiger partial charge is 0.227 e. The maximum atomic E-state index is 12.9. The first kappa shape index (κ1) is 22.6. The van der Waals surface area contributed by atoms with Gasteiger partial charge in [-0.3, -0.25) is 4.79 Å².